The lowest BCUT2D eigenvalue weighted by Crippen LogP contribution is -2.03. The number of carbonyl (C=O) groups excluding carboxylic acids is 3. The van der Waals surface area contributed by atoms with Crippen LogP contribution in [0.3, 0.4) is 0 Å². The maximum Gasteiger partial charge on any atom is 0.253 e. The molecular weight excluding hydrogens is 295 g/mol. The molecule has 0 saturated carbocycles. The first-order chi connectivity index (χ1) is 7.34. The fourth-order valence-corrected chi connectivity index (χ4v) is 1.92. The molecule has 84 valence electrons. The molecule has 0 aromatic heterocycles. The van der Waals surface area contributed by atoms with Gasteiger partial charge in [-0.2, -0.15) is 0 Å². The molecule has 0 spiro atoms. The fraction of sp³-hybridized carbons (Fsp3) is 0. The minimum absolute atomic E-state index is 0.0154. The summed E-state index contributed by atoms with van der Waals surface area (Å²) in [6.07, 6.45) is 0. The number of carbonyl (C=O) groups is 3. The molecule has 0 radical (unpaired) electrons. The highest BCUT2D eigenvalue weighted by molar-refractivity contribution is 7.80. The summed E-state index contributed by atoms with van der Waals surface area (Å²) in [5, 5.41) is -2.54. The van der Waals surface area contributed by atoms with Crippen LogP contribution in [0, 0.1) is 0 Å². The Kier molecular flexibility index (Phi) is 4.38. The summed E-state index contributed by atoms with van der Waals surface area (Å²) in [5.74, 6) is 0. The highest BCUT2D eigenvalue weighted by Crippen LogP contribution is 2.25. The molecule has 0 N–H and O–H groups in total. The largest absolute Gasteiger partial charge is 0.276 e. The third-order valence-electron chi connectivity index (χ3n) is 1.76. The standard InChI is InChI=1S/C9H3Cl3O3S/c10-7(13)3-1-4(8(11)14)6(16)5(2-3)9(12)15/h1-2,16H. The molecule has 16 heavy (non-hydrogen) atoms. The predicted molar refractivity (Wildman–Crippen MR) is 64.2 cm³/mol. The summed E-state index contributed by atoms with van der Waals surface area (Å²) in [5.41, 5.74) is -0.242. The van der Waals surface area contributed by atoms with Gasteiger partial charge in [0.05, 0.1) is 0 Å². The number of rotatable bonds is 3. The lowest BCUT2D eigenvalue weighted by molar-refractivity contribution is 0.107. The third kappa shape index (κ3) is 2.77. The number of hydrogen-bond acceptors (Lipinski definition) is 4. The van der Waals surface area contributed by atoms with E-state index in [1.807, 2.05) is 0 Å². The second-order valence-electron chi connectivity index (χ2n) is 2.74. The van der Waals surface area contributed by atoms with E-state index in [1.54, 1.807) is 0 Å². The molecule has 0 heterocycles. The summed E-state index contributed by atoms with van der Waals surface area (Å²) in [6.45, 7) is 0. The molecule has 0 amide bonds. The van der Waals surface area contributed by atoms with E-state index in [1.165, 1.54) is 0 Å². The van der Waals surface area contributed by atoms with Crippen LogP contribution in [-0.4, -0.2) is 15.7 Å². The van der Waals surface area contributed by atoms with E-state index in [2.05, 4.69) is 12.6 Å². The van der Waals surface area contributed by atoms with Crippen LogP contribution >= 0.6 is 47.4 Å². The Balaban J connectivity index is 3.57. The fourth-order valence-electron chi connectivity index (χ4n) is 1.05. The molecule has 1 aromatic carbocycles. The van der Waals surface area contributed by atoms with Crippen LogP contribution in [0.4, 0.5) is 0 Å². The van der Waals surface area contributed by atoms with Crippen molar-refractivity contribution in [3.63, 3.8) is 0 Å². The summed E-state index contributed by atoms with van der Waals surface area (Å²) >= 11 is 19.7. The van der Waals surface area contributed by atoms with Crippen LogP contribution in [0.1, 0.15) is 31.1 Å². The van der Waals surface area contributed by atoms with Gasteiger partial charge in [0.1, 0.15) is 0 Å². The Morgan fingerprint density at radius 2 is 1.25 bits per heavy atom. The summed E-state index contributed by atoms with van der Waals surface area (Å²) < 4.78 is 0. The van der Waals surface area contributed by atoms with Gasteiger partial charge in [-0.25, -0.2) is 0 Å². The zero-order valence-electron chi connectivity index (χ0n) is 7.46. The topological polar surface area (TPSA) is 51.2 Å². The van der Waals surface area contributed by atoms with Gasteiger partial charge in [-0.15, -0.1) is 12.6 Å². The van der Waals surface area contributed by atoms with Crippen molar-refractivity contribution in [3.05, 3.63) is 28.8 Å². The van der Waals surface area contributed by atoms with Crippen molar-refractivity contribution in [2.75, 3.05) is 0 Å². The Bertz CT molecular complexity index is 464. The molecule has 3 nitrogen and oxygen atoms in total. The van der Waals surface area contributed by atoms with Crippen molar-refractivity contribution in [2.24, 2.45) is 0 Å². The van der Waals surface area contributed by atoms with Crippen LogP contribution in [0.2, 0.25) is 0 Å². The van der Waals surface area contributed by atoms with E-state index in [0.717, 1.165) is 12.1 Å². The van der Waals surface area contributed by atoms with Gasteiger partial charge in [-0.3, -0.25) is 14.4 Å². The lowest BCUT2D eigenvalue weighted by Gasteiger charge is -2.06. The van der Waals surface area contributed by atoms with Crippen LogP contribution in [0.15, 0.2) is 17.0 Å². The van der Waals surface area contributed by atoms with Crippen molar-refractivity contribution in [1.82, 2.24) is 0 Å². The quantitative estimate of drug-likeness (QED) is 0.689. The Morgan fingerprint density at radius 1 is 0.875 bits per heavy atom. The van der Waals surface area contributed by atoms with Crippen molar-refractivity contribution < 1.29 is 14.4 Å². The lowest BCUT2D eigenvalue weighted by atomic mass is 10.1. The van der Waals surface area contributed by atoms with Gasteiger partial charge in [0.25, 0.3) is 15.7 Å². The van der Waals surface area contributed by atoms with Crippen molar-refractivity contribution in [1.29, 1.82) is 0 Å². The zero-order chi connectivity index (χ0) is 12.5. The Morgan fingerprint density at radius 3 is 1.50 bits per heavy atom. The van der Waals surface area contributed by atoms with Crippen molar-refractivity contribution >= 4 is 63.2 Å². The van der Waals surface area contributed by atoms with E-state index in [-0.39, 0.29) is 21.6 Å². The first-order valence-corrected chi connectivity index (χ1v) is 5.39. The average Bonchev–Trinajstić information content (AvgIpc) is 2.16. The van der Waals surface area contributed by atoms with E-state index in [4.69, 9.17) is 34.8 Å². The second-order valence-corrected chi connectivity index (χ2v) is 4.22. The first kappa shape index (κ1) is 13.5. The van der Waals surface area contributed by atoms with E-state index < -0.39 is 15.7 Å². The molecule has 0 aliphatic heterocycles. The van der Waals surface area contributed by atoms with E-state index >= 15 is 0 Å². The molecule has 0 aliphatic rings. The van der Waals surface area contributed by atoms with E-state index in [0.29, 0.717) is 0 Å². The number of halogens is 3. The van der Waals surface area contributed by atoms with Gasteiger partial charge >= 0.3 is 0 Å². The second kappa shape index (κ2) is 5.19. The highest BCUT2D eigenvalue weighted by atomic mass is 35.5. The van der Waals surface area contributed by atoms with Gasteiger partial charge < -0.3 is 0 Å². The van der Waals surface area contributed by atoms with Gasteiger partial charge in [0.15, 0.2) is 0 Å². The van der Waals surface area contributed by atoms with Gasteiger partial charge in [-0.1, -0.05) is 0 Å². The maximum absolute atomic E-state index is 11.0. The molecule has 0 aliphatic carbocycles. The molecule has 0 bridgehead atoms. The highest BCUT2D eigenvalue weighted by Gasteiger charge is 2.18. The zero-order valence-corrected chi connectivity index (χ0v) is 10.6. The Labute approximate surface area is 111 Å². The molecule has 7 heteroatoms. The molecule has 0 atom stereocenters. The Hall–Kier alpha value is -0.550. The third-order valence-corrected chi connectivity index (χ3v) is 2.87. The normalized spacial score (nSPS) is 10.0. The smallest absolute Gasteiger partial charge is 0.253 e. The molecule has 1 aromatic rings. The first-order valence-electron chi connectivity index (χ1n) is 3.81. The van der Waals surface area contributed by atoms with Crippen molar-refractivity contribution in [3.8, 4) is 0 Å². The van der Waals surface area contributed by atoms with Crippen LogP contribution < -0.4 is 0 Å². The minimum Gasteiger partial charge on any atom is -0.276 e. The molecule has 0 fully saturated rings. The predicted octanol–water partition coefficient (Wildman–Crippen LogP) is 3.11. The van der Waals surface area contributed by atoms with Crippen molar-refractivity contribution in [2.45, 2.75) is 4.90 Å². The van der Waals surface area contributed by atoms with Crippen LogP contribution in [-0.2, 0) is 0 Å². The number of thiol groups is 1. The maximum atomic E-state index is 11.0. The van der Waals surface area contributed by atoms with E-state index in [9.17, 15) is 14.4 Å². The summed E-state index contributed by atoms with van der Waals surface area (Å²) in [7, 11) is 0. The minimum atomic E-state index is -0.857. The van der Waals surface area contributed by atoms with Crippen LogP contribution in [0.25, 0.3) is 0 Å². The molecule has 1 rings (SSSR count). The number of benzene rings is 1. The summed E-state index contributed by atoms with van der Waals surface area (Å²) in [6, 6.07) is 2.30. The number of hydrogen-bond donors (Lipinski definition) is 1. The van der Waals surface area contributed by atoms with Crippen LogP contribution in [0.5, 0.6) is 0 Å². The van der Waals surface area contributed by atoms with Gasteiger partial charge in [0, 0.05) is 21.6 Å². The van der Waals surface area contributed by atoms with Gasteiger partial charge in [0.2, 0.25) is 0 Å². The SMILES string of the molecule is O=C(Cl)c1cc(C(=O)Cl)c(S)c(C(=O)Cl)c1. The average molecular weight is 298 g/mol. The monoisotopic (exact) mass is 296 g/mol. The molecule has 0 unspecified atom stereocenters. The summed E-state index contributed by atoms with van der Waals surface area (Å²) in [4.78, 5) is 33.0. The molecular formula is C9H3Cl3O3S. The van der Waals surface area contributed by atoms with Gasteiger partial charge in [-0.05, 0) is 46.9 Å². The molecule has 0 saturated heterocycles.